The molecule has 0 amide bonds. The first-order chi connectivity index (χ1) is 11.1. The number of aromatic carboxylic acids is 1. The summed E-state index contributed by atoms with van der Waals surface area (Å²) < 4.78 is 12.2. The molecular weight excluding hydrogens is 307 g/mol. The van der Waals surface area contributed by atoms with E-state index in [9.17, 15) is 4.79 Å². The number of nitrogens with two attached hydrogens (primary N) is 1. The first-order valence-electron chi connectivity index (χ1n) is 7.91. The Morgan fingerprint density at radius 2 is 1.88 bits per heavy atom. The molecule has 1 fully saturated rings. The molecule has 130 valence electrons. The van der Waals surface area contributed by atoms with E-state index in [4.69, 9.17) is 20.1 Å². The van der Waals surface area contributed by atoms with Crippen LogP contribution in [0.4, 0.5) is 5.69 Å². The predicted octanol–water partition coefficient (Wildman–Crippen LogP) is 2.20. The Morgan fingerprint density at radius 3 is 2.33 bits per heavy atom. The van der Waals surface area contributed by atoms with Crippen LogP contribution in [0.3, 0.4) is 0 Å². The topological polar surface area (TPSA) is 93.8 Å². The van der Waals surface area contributed by atoms with Crippen LogP contribution in [0.15, 0.2) is 23.7 Å². The number of carbonyl (C=O) groups is 1. The van der Waals surface area contributed by atoms with Crippen LogP contribution in [0.5, 0.6) is 0 Å². The lowest BCUT2D eigenvalue weighted by atomic mass is 9.77. The summed E-state index contributed by atoms with van der Waals surface area (Å²) in [5.74, 6) is -1.00. The molecule has 6 nitrogen and oxygen atoms in total. The predicted molar refractivity (Wildman–Crippen MR) is 95.8 cm³/mol. The van der Waals surface area contributed by atoms with E-state index in [1.807, 2.05) is 40.8 Å². The highest BCUT2D eigenvalue weighted by Gasteiger charge is 2.52. The number of carboxylic acid groups (broad SMARTS) is 1. The van der Waals surface area contributed by atoms with Gasteiger partial charge in [0, 0.05) is 12.2 Å². The van der Waals surface area contributed by atoms with Crippen LogP contribution in [0, 0.1) is 0 Å². The van der Waals surface area contributed by atoms with Crippen molar-refractivity contribution >= 4 is 24.9 Å². The summed E-state index contributed by atoms with van der Waals surface area (Å²) in [6.07, 6.45) is 1.89. The summed E-state index contributed by atoms with van der Waals surface area (Å²) >= 11 is 0. The van der Waals surface area contributed by atoms with Crippen molar-refractivity contribution in [3.63, 3.8) is 0 Å². The van der Waals surface area contributed by atoms with Crippen molar-refractivity contribution < 1.29 is 19.2 Å². The fourth-order valence-electron chi connectivity index (χ4n) is 2.44. The third kappa shape index (κ3) is 3.63. The Bertz CT molecular complexity index is 655. The smallest absolute Gasteiger partial charge is 0.478 e. The summed E-state index contributed by atoms with van der Waals surface area (Å²) in [7, 11) is 1.36. The molecule has 1 aromatic rings. The zero-order chi connectivity index (χ0) is 18.1. The third-order valence-corrected chi connectivity index (χ3v) is 4.61. The van der Waals surface area contributed by atoms with Crippen LogP contribution >= 0.6 is 0 Å². The first-order valence-corrected chi connectivity index (χ1v) is 7.91. The number of rotatable bonds is 5. The minimum Gasteiger partial charge on any atom is -0.478 e. The van der Waals surface area contributed by atoms with Gasteiger partial charge >= 0.3 is 13.1 Å². The fourth-order valence-corrected chi connectivity index (χ4v) is 2.44. The molecule has 0 aromatic heterocycles. The van der Waals surface area contributed by atoms with Crippen molar-refractivity contribution in [3.05, 3.63) is 34.8 Å². The molecular formula is C17H25BN2O4. The maximum atomic E-state index is 11.0. The average Bonchev–Trinajstić information content (AvgIpc) is 2.68. The van der Waals surface area contributed by atoms with Crippen LogP contribution in [0.25, 0.3) is 6.08 Å². The van der Waals surface area contributed by atoms with Gasteiger partial charge in [0.05, 0.1) is 16.8 Å². The Labute approximate surface area is 143 Å². The molecule has 1 saturated heterocycles. The van der Waals surface area contributed by atoms with Crippen molar-refractivity contribution in [2.24, 2.45) is 0 Å². The van der Waals surface area contributed by atoms with E-state index in [0.29, 0.717) is 12.2 Å². The van der Waals surface area contributed by atoms with Gasteiger partial charge in [0.15, 0.2) is 0 Å². The van der Waals surface area contributed by atoms with Gasteiger partial charge in [0.1, 0.15) is 0 Å². The van der Waals surface area contributed by atoms with E-state index in [2.05, 4.69) is 5.32 Å². The summed E-state index contributed by atoms with van der Waals surface area (Å²) in [5, 5.41) is 12.1. The Morgan fingerprint density at radius 1 is 1.29 bits per heavy atom. The fraction of sp³-hybridized carbons (Fsp3) is 0.471. The molecule has 0 aliphatic carbocycles. The van der Waals surface area contributed by atoms with E-state index >= 15 is 0 Å². The van der Waals surface area contributed by atoms with Crippen LogP contribution < -0.4 is 11.1 Å². The number of hydrogen-bond acceptors (Lipinski definition) is 5. The molecule has 4 N–H and O–H groups in total. The van der Waals surface area contributed by atoms with Gasteiger partial charge in [0.2, 0.25) is 0 Å². The normalized spacial score (nSPS) is 19.5. The van der Waals surface area contributed by atoms with Crippen molar-refractivity contribution in [2.75, 3.05) is 19.3 Å². The largest absolute Gasteiger partial charge is 0.491 e. The van der Waals surface area contributed by atoms with Crippen molar-refractivity contribution in [3.8, 4) is 0 Å². The molecule has 0 unspecified atom stereocenters. The molecule has 0 radical (unpaired) electrons. The number of benzene rings is 1. The molecule has 24 heavy (non-hydrogen) atoms. The van der Waals surface area contributed by atoms with Gasteiger partial charge in [-0.3, -0.25) is 0 Å². The SMILES string of the molecule is CNCC(=Cc1ccc(C(=O)O)cc1N)B1OC(C)(C)C(C)(C)O1. The number of hydrogen-bond donors (Lipinski definition) is 3. The number of nitrogens with one attached hydrogen (secondary N) is 1. The molecule has 0 bridgehead atoms. The second kappa shape index (κ2) is 6.59. The quantitative estimate of drug-likeness (QED) is 0.565. The number of likely N-dealkylation sites (N-methyl/N-ethyl adjacent to an activating group) is 1. The van der Waals surface area contributed by atoms with Gasteiger partial charge in [-0.25, -0.2) is 4.79 Å². The average molecular weight is 332 g/mol. The molecule has 7 heteroatoms. The Kier molecular flexibility index (Phi) is 5.08. The first kappa shape index (κ1) is 18.5. The maximum Gasteiger partial charge on any atom is 0.491 e. The van der Waals surface area contributed by atoms with Gasteiger partial charge in [0.25, 0.3) is 0 Å². The monoisotopic (exact) mass is 332 g/mol. The van der Waals surface area contributed by atoms with E-state index < -0.39 is 24.3 Å². The van der Waals surface area contributed by atoms with E-state index in [1.165, 1.54) is 12.1 Å². The maximum absolute atomic E-state index is 11.0. The second-order valence-corrected chi connectivity index (χ2v) is 6.99. The molecule has 1 aromatic carbocycles. The van der Waals surface area contributed by atoms with Gasteiger partial charge in [-0.2, -0.15) is 0 Å². The van der Waals surface area contributed by atoms with Gasteiger partial charge in [-0.15, -0.1) is 0 Å². The molecule has 1 aliphatic rings. The molecule has 0 spiro atoms. The van der Waals surface area contributed by atoms with Crippen LogP contribution in [0.1, 0.15) is 43.6 Å². The van der Waals surface area contributed by atoms with Gasteiger partial charge in [-0.1, -0.05) is 12.1 Å². The highest BCUT2D eigenvalue weighted by atomic mass is 16.7. The van der Waals surface area contributed by atoms with Gasteiger partial charge < -0.3 is 25.5 Å². The van der Waals surface area contributed by atoms with E-state index in [-0.39, 0.29) is 5.56 Å². The lowest BCUT2D eigenvalue weighted by molar-refractivity contribution is 0.00578. The molecule has 0 atom stereocenters. The summed E-state index contributed by atoms with van der Waals surface area (Å²) in [6.45, 7) is 8.57. The van der Waals surface area contributed by atoms with Crippen molar-refractivity contribution in [1.29, 1.82) is 0 Å². The molecule has 1 aliphatic heterocycles. The lowest BCUT2D eigenvalue weighted by Crippen LogP contribution is -2.41. The number of carboxylic acids is 1. The minimum absolute atomic E-state index is 0.162. The zero-order valence-corrected chi connectivity index (χ0v) is 14.8. The second-order valence-electron chi connectivity index (χ2n) is 6.99. The van der Waals surface area contributed by atoms with Gasteiger partial charge in [-0.05, 0) is 57.9 Å². The standard InChI is InChI=1S/C17H25BN2O4/c1-16(2)17(3,4)24-18(23-16)13(10-20-5)8-11-6-7-12(15(21)22)9-14(11)19/h6-9,20H,10,19H2,1-5H3,(H,21,22). The molecule has 0 saturated carbocycles. The minimum atomic E-state index is -1.00. The van der Waals surface area contributed by atoms with Crippen LogP contribution in [0.2, 0.25) is 0 Å². The molecule has 2 rings (SSSR count). The van der Waals surface area contributed by atoms with Crippen molar-refractivity contribution in [1.82, 2.24) is 5.32 Å². The lowest BCUT2D eigenvalue weighted by Gasteiger charge is -2.32. The zero-order valence-electron chi connectivity index (χ0n) is 14.8. The summed E-state index contributed by atoms with van der Waals surface area (Å²) in [4.78, 5) is 11.0. The highest BCUT2D eigenvalue weighted by Crippen LogP contribution is 2.38. The summed E-state index contributed by atoms with van der Waals surface area (Å²) in [6, 6.07) is 4.68. The van der Waals surface area contributed by atoms with E-state index in [1.54, 1.807) is 6.07 Å². The molecule has 1 heterocycles. The van der Waals surface area contributed by atoms with Crippen LogP contribution in [-0.4, -0.2) is 43.0 Å². The number of anilines is 1. The third-order valence-electron chi connectivity index (χ3n) is 4.61. The van der Waals surface area contributed by atoms with E-state index in [0.717, 1.165) is 11.0 Å². The Hall–Kier alpha value is -1.83. The van der Waals surface area contributed by atoms with Crippen LogP contribution in [-0.2, 0) is 9.31 Å². The van der Waals surface area contributed by atoms with Crippen molar-refractivity contribution in [2.45, 2.75) is 38.9 Å². The highest BCUT2D eigenvalue weighted by molar-refractivity contribution is 6.56. The Balaban J connectivity index is 2.35. The number of nitrogen functional groups attached to an aromatic ring is 1. The summed E-state index contributed by atoms with van der Waals surface area (Å²) in [5.41, 5.74) is 7.34.